The molecule has 1 aromatic rings. The third kappa shape index (κ3) is 5.96. The Balaban J connectivity index is 1.34. The van der Waals surface area contributed by atoms with Crippen molar-refractivity contribution >= 4 is 29.3 Å². The first-order valence-electron chi connectivity index (χ1n) is 10.2. The number of thioether (sulfide) groups is 1. The molecule has 1 fully saturated rings. The van der Waals surface area contributed by atoms with Crippen molar-refractivity contribution in [2.45, 2.75) is 50.2 Å². The zero-order valence-corrected chi connectivity index (χ0v) is 17.7. The molecule has 0 radical (unpaired) electrons. The van der Waals surface area contributed by atoms with E-state index < -0.39 is 0 Å². The minimum absolute atomic E-state index is 0.0270. The van der Waals surface area contributed by atoms with Crippen LogP contribution in [0.1, 0.15) is 33.1 Å². The van der Waals surface area contributed by atoms with Crippen molar-refractivity contribution in [3.8, 4) is 0 Å². The van der Waals surface area contributed by atoms with Crippen LogP contribution in [0.25, 0.3) is 0 Å². The average Bonchev–Trinajstić information content (AvgIpc) is 2.68. The third-order valence-corrected chi connectivity index (χ3v) is 6.11. The van der Waals surface area contributed by atoms with E-state index in [0.717, 1.165) is 42.4 Å². The van der Waals surface area contributed by atoms with E-state index in [1.807, 2.05) is 29.2 Å². The zero-order chi connectivity index (χ0) is 19.9. The first-order valence-corrected chi connectivity index (χ1v) is 11.2. The Labute approximate surface area is 172 Å². The largest absolute Gasteiger partial charge is 0.373 e. The SMILES string of the molecule is CC1CN(CCCNC(=O)CCC(=O)N2CCSc3ccccc32)CC(C)O1. The highest BCUT2D eigenvalue weighted by Crippen LogP contribution is 2.34. The lowest BCUT2D eigenvalue weighted by Gasteiger charge is -2.35. The molecule has 154 valence electrons. The summed E-state index contributed by atoms with van der Waals surface area (Å²) in [4.78, 5) is 30.0. The van der Waals surface area contributed by atoms with Gasteiger partial charge in [0.15, 0.2) is 0 Å². The molecule has 2 heterocycles. The molecular formula is C21H31N3O3S. The van der Waals surface area contributed by atoms with Crippen LogP contribution in [0.5, 0.6) is 0 Å². The number of hydrogen-bond acceptors (Lipinski definition) is 5. The van der Waals surface area contributed by atoms with Gasteiger partial charge < -0.3 is 15.0 Å². The van der Waals surface area contributed by atoms with Crippen molar-refractivity contribution < 1.29 is 14.3 Å². The minimum atomic E-state index is -0.0447. The molecule has 0 bridgehead atoms. The molecule has 0 spiro atoms. The fourth-order valence-electron chi connectivity index (χ4n) is 3.87. The van der Waals surface area contributed by atoms with Gasteiger partial charge in [-0.2, -0.15) is 0 Å². The molecular weight excluding hydrogens is 374 g/mol. The number of fused-ring (bicyclic) bond motifs is 1. The Bertz CT molecular complexity index is 675. The summed E-state index contributed by atoms with van der Waals surface area (Å²) in [5.74, 6) is 0.879. The lowest BCUT2D eigenvalue weighted by atomic mass is 10.2. The predicted molar refractivity (Wildman–Crippen MR) is 113 cm³/mol. The maximum atomic E-state index is 12.6. The van der Waals surface area contributed by atoms with E-state index in [0.29, 0.717) is 13.1 Å². The van der Waals surface area contributed by atoms with Crippen molar-refractivity contribution in [3.05, 3.63) is 24.3 Å². The fraction of sp³-hybridized carbons (Fsp3) is 0.619. The highest BCUT2D eigenvalue weighted by Gasteiger charge is 2.23. The Hall–Kier alpha value is -1.57. The number of anilines is 1. The van der Waals surface area contributed by atoms with Crippen LogP contribution in [0.15, 0.2) is 29.2 Å². The predicted octanol–water partition coefficient (Wildman–Crippen LogP) is 2.52. The van der Waals surface area contributed by atoms with Gasteiger partial charge in [-0.1, -0.05) is 12.1 Å². The molecule has 1 aromatic carbocycles. The standard InChI is InChI=1S/C21H31N3O3S/c1-16-14-23(15-17(2)27-16)11-5-10-22-20(25)8-9-21(26)24-12-13-28-19-7-4-3-6-18(19)24/h3-4,6-7,16-17H,5,8-15H2,1-2H3,(H,22,25). The highest BCUT2D eigenvalue weighted by atomic mass is 32.2. The summed E-state index contributed by atoms with van der Waals surface area (Å²) in [6.45, 7) is 8.40. The Morgan fingerprint density at radius 3 is 2.71 bits per heavy atom. The number of nitrogens with zero attached hydrogens (tertiary/aromatic N) is 2. The number of nitrogens with one attached hydrogen (secondary N) is 1. The van der Waals surface area contributed by atoms with Gasteiger partial charge in [0.2, 0.25) is 11.8 Å². The summed E-state index contributed by atoms with van der Waals surface area (Å²) >= 11 is 1.77. The summed E-state index contributed by atoms with van der Waals surface area (Å²) in [5, 5.41) is 2.95. The van der Waals surface area contributed by atoms with Gasteiger partial charge in [-0.25, -0.2) is 0 Å². The second-order valence-electron chi connectivity index (χ2n) is 7.58. The van der Waals surface area contributed by atoms with Gasteiger partial charge in [0.25, 0.3) is 0 Å². The van der Waals surface area contributed by atoms with Crippen molar-refractivity contribution in [1.82, 2.24) is 10.2 Å². The Morgan fingerprint density at radius 1 is 1.18 bits per heavy atom. The third-order valence-electron chi connectivity index (χ3n) is 5.06. The van der Waals surface area contributed by atoms with E-state index >= 15 is 0 Å². The molecule has 0 aliphatic carbocycles. The van der Waals surface area contributed by atoms with E-state index in [2.05, 4.69) is 24.1 Å². The van der Waals surface area contributed by atoms with Crippen LogP contribution in [0.3, 0.4) is 0 Å². The van der Waals surface area contributed by atoms with E-state index in [1.54, 1.807) is 11.8 Å². The molecule has 2 unspecified atom stereocenters. The molecule has 2 atom stereocenters. The minimum Gasteiger partial charge on any atom is -0.373 e. The topological polar surface area (TPSA) is 61.9 Å². The number of hydrogen-bond donors (Lipinski definition) is 1. The number of amides is 2. The second kappa shape index (κ2) is 10.3. The molecule has 2 amide bonds. The number of carbonyl (C=O) groups is 2. The number of benzene rings is 1. The van der Waals surface area contributed by atoms with Gasteiger partial charge in [0, 0.05) is 56.2 Å². The fourth-order valence-corrected chi connectivity index (χ4v) is 4.86. The summed E-state index contributed by atoms with van der Waals surface area (Å²) < 4.78 is 5.74. The van der Waals surface area contributed by atoms with Crippen molar-refractivity contribution in [1.29, 1.82) is 0 Å². The van der Waals surface area contributed by atoms with Crippen molar-refractivity contribution in [3.63, 3.8) is 0 Å². The lowest BCUT2D eigenvalue weighted by molar-refractivity contribution is -0.125. The maximum absolute atomic E-state index is 12.6. The van der Waals surface area contributed by atoms with Crippen LogP contribution in [-0.4, -0.2) is 67.4 Å². The molecule has 1 N–H and O–H groups in total. The van der Waals surface area contributed by atoms with Crippen molar-refractivity contribution in [2.24, 2.45) is 0 Å². The van der Waals surface area contributed by atoms with Gasteiger partial charge in [-0.15, -0.1) is 11.8 Å². The van der Waals surface area contributed by atoms with Crippen LogP contribution in [0, 0.1) is 0 Å². The summed E-state index contributed by atoms with van der Waals surface area (Å²) in [6.07, 6.45) is 1.94. The molecule has 6 nitrogen and oxygen atoms in total. The first kappa shape index (κ1) is 21.1. The number of morpholine rings is 1. The van der Waals surface area contributed by atoms with Crippen LogP contribution >= 0.6 is 11.8 Å². The molecule has 28 heavy (non-hydrogen) atoms. The Morgan fingerprint density at radius 2 is 1.93 bits per heavy atom. The van der Waals surface area contributed by atoms with E-state index in [4.69, 9.17) is 4.74 Å². The van der Waals surface area contributed by atoms with E-state index in [1.165, 1.54) is 0 Å². The van der Waals surface area contributed by atoms with Crippen LogP contribution in [0.2, 0.25) is 0 Å². The smallest absolute Gasteiger partial charge is 0.227 e. The van der Waals surface area contributed by atoms with Crippen molar-refractivity contribution in [2.75, 3.05) is 43.4 Å². The molecule has 1 saturated heterocycles. The van der Waals surface area contributed by atoms with Gasteiger partial charge >= 0.3 is 0 Å². The number of ether oxygens (including phenoxy) is 1. The second-order valence-corrected chi connectivity index (χ2v) is 8.72. The monoisotopic (exact) mass is 405 g/mol. The normalized spacial score (nSPS) is 22.6. The van der Waals surface area contributed by atoms with Gasteiger partial charge in [0.1, 0.15) is 0 Å². The molecule has 7 heteroatoms. The summed E-state index contributed by atoms with van der Waals surface area (Å²) in [6, 6.07) is 7.97. The van der Waals surface area contributed by atoms with Gasteiger partial charge in [0.05, 0.1) is 17.9 Å². The quantitative estimate of drug-likeness (QED) is 0.707. The molecule has 2 aliphatic rings. The number of carbonyl (C=O) groups excluding carboxylic acids is 2. The highest BCUT2D eigenvalue weighted by molar-refractivity contribution is 7.99. The maximum Gasteiger partial charge on any atom is 0.227 e. The zero-order valence-electron chi connectivity index (χ0n) is 16.9. The summed E-state index contributed by atoms with van der Waals surface area (Å²) in [5.41, 5.74) is 0.970. The Kier molecular flexibility index (Phi) is 7.76. The molecule has 0 aromatic heterocycles. The number of rotatable bonds is 7. The van der Waals surface area contributed by atoms with Crippen LogP contribution in [-0.2, 0) is 14.3 Å². The van der Waals surface area contributed by atoms with Gasteiger partial charge in [-0.05, 0) is 32.4 Å². The summed E-state index contributed by atoms with van der Waals surface area (Å²) in [7, 11) is 0. The van der Waals surface area contributed by atoms with E-state index in [-0.39, 0.29) is 36.9 Å². The average molecular weight is 406 g/mol. The van der Waals surface area contributed by atoms with Crippen LogP contribution in [0.4, 0.5) is 5.69 Å². The molecule has 3 rings (SSSR count). The molecule has 2 aliphatic heterocycles. The lowest BCUT2D eigenvalue weighted by Crippen LogP contribution is -2.46. The molecule has 0 saturated carbocycles. The van der Waals surface area contributed by atoms with Crippen LogP contribution < -0.4 is 10.2 Å². The number of para-hydroxylation sites is 1. The van der Waals surface area contributed by atoms with E-state index in [9.17, 15) is 9.59 Å². The van der Waals surface area contributed by atoms with Gasteiger partial charge in [-0.3, -0.25) is 14.5 Å². The first-order chi connectivity index (χ1) is 13.5.